The molecule has 14 heavy (non-hydrogen) atoms. The number of aromatic amines is 1. The summed E-state index contributed by atoms with van der Waals surface area (Å²) in [6.45, 7) is 1.32. The first-order valence-corrected chi connectivity index (χ1v) is 4.60. The van der Waals surface area contributed by atoms with Gasteiger partial charge in [-0.15, -0.1) is 0 Å². The van der Waals surface area contributed by atoms with Crippen LogP contribution in [0.5, 0.6) is 0 Å². The summed E-state index contributed by atoms with van der Waals surface area (Å²) in [5, 5.41) is 8.04. The van der Waals surface area contributed by atoms with Crippen molar-refractivity contribution in [2.45, 2.75) is 6.29 Å². The van der Waals surface area contributed by atoms with Gasteiger partial charge < -0.3 is 9.47 Å². The minimum Gasteiger partial charge on any atom is -0.346 e. The molecule has 0 bridgehead atoms. The van der Waals surface area contributed by atoms with Crippen LogP contribution in [0.2, 0.25) is 0 Å². The molecule has 3 rings (SSSR count). The Morgan fingerprint density at radius 3 is 3.00 bits per heavy atom. The Morgan fingerprint density at radius 2 is 2.14 bits per heavy atom. The van der Waals surface area contributed by atoms with Crippen LogP contribution in [0.15, 0.2) is 24.4 Å². The van der Waals surface area contributed by atoms with Crippen LogP contribution >= 0.6 is 0 Å². The molecule has 72 valence electrons. The van der Waals surface area contributed by atoms with E-state index >= 15 is 0 Å². The van der Waals surface area contributed by atoms with Crippen molar-refractivity contribution in [3.8, 4) is 0 Å². The molecule has 1 aromatic heterocycles. The largest absolute Gasteiger partial charge is 0.346 e. The minimum atomic E-state index is -0.237. The van der Waals surface area contributed by atoms with E-state index in [2.05, 4.69) is 10.2 Å². The number of hydrogen-bond acceptors (Lipinski definition) is 3. The summed E-state index contributed by atoms with van der Waals surface area (Å²) in [5.41, 5.74) is 2.02. The van der Waals surface area contributed by atoms with Gasteiger partial charge in [0.25, 0.3) is 0 Å². The minimum absolute atomic E-state index is 0.237. The van der Waals surface area contributed by atoms with Gasteiger partial charge in [0.1, 0.15) is 0 Å². The predicted octanol–water partition coefficient (Wildman–Crippen LogP) is 1.61. The van der Waals surface area contributed by atoms with Crippen molar-refractivity contribution in [3.05, 3.63) is 30.0 Å². The highest BCUT2D eigenvalue weighted by Gasteiger charge is 2.20. The first-order chi connectivity index (χ1) is 6.95. The second kappa shape index (κ2) is 3.08. The van der Waals surface area contributed by atoms with Crippen LogP contribution in [0, 0.1) is 0 Å². The molecular formula is C10H10N2O2. The van der Waals surface area contributed by atoms with Crippen molar-refractivity contribution in [1.82, 2.24) is 10.2 Å². The number of para-hydroxylation sites is 1. The van der Waals surface area contributed by atoms with Crippen molar-refractivity contribution < 1.29 is 9.47 Å². The van der Waals surface area contributed by atoms with Crippen LogP contribution in [0.1, 0.15) is 11.9 Å². The average molecular weight is 190 g/mol. The number of H-pyrrole nitrogens is 1. The molecule has 0 spiro atoms. The summed E-state index contributed by atoms with van der Waals surface area (Å²) in [7, 11) is 0. The molecule has 0 radical (unpaired) electrons. The molecule has 0 aliphatic carbocycles. The van der Waals surface area contributed by atoms with Gasteiger partial charge in [-0.1, -0.05) is 18.2 Å². The molecule has 1 aliphatic rings. The number of nitrogens with zero attached hydrogens (tertiary/aromatic N) is 1. The highest BCUT2D eigenvalue weighted by molar-refractivity contribution is 5.81. The van der Waals surface area contributed by atoms with Gasteiger partial charge in [0.05, 0.1) is 24.9 Å². The number of ether oxygens (including phenoxy) is 2. The lowest BCUT2D eigenvalue weighted by Gasteiger charge is -2.09. The zero-order valence-corrected chi connectivity index (χ0v) is 7.56. The van der Waals surface area contributed by atoms with E-state index in [-0.39, 0.29) is 6.29 Å². The monoisotopic (exact) mass is 190 g/mol. The fourth-order valence-corrected chi connectivity index (χ4v) is 1.73. The Kier molecular flexibility index (Phi) is 1.75. The molecule has 1 fully saturated rings. The number of rotatable bonds is 1. The second-order valence-electron chi connectivity index (χ2n) is 3.25. The zero-order chi connectivity index (χ0) is 9.38. The SMILES string of the molecule is c1cc(C2OCCO2)c2[nH]ncc2c1. The van der Waals surface area contributed by atoms with Gasteiger partial charge in [0.2, 0.25) is 0 Å². The summed E-state index contributed by atoms with van der Waals surface area (Å²) >= 11 is 0. The Morgan fingerprint density at radius 1 is 1.29 bits per heavy atom. The van der Waals surface area contributed by atoms with Crippen LogP contribution in [-0.2, 0) is 9.47 Å². The van der Waals surface area contributed by atoms with Crippen molar-refractivity contribution in [3.63, 3.8) is 0 Å². The van der Waals surface area contributed by atoms with Crippen LogP contribution in [-0.4, -0.2) is 23.4 Å². The predicted molar refractivity (Wildman–Crippen MR) is 50.7 cm³/mol. The fraction of sp³-hybridized carbons (Fsp3) is 0.300. The molecular weight excluding hydrogens is 180 g/mol. The third-order valence-electron chi connectivity index (χ3n) is 2.38. The van der Waals surface area contributed by atoms with E-state index in [0.717, 1.165) is 16.5 Å². The molecule has 1 aromatic carbocycles. The number of aromatic nitrogens is 2. The van der Waals surface area contributed by atoms with Crippen molar-refractivity contribution in [2.24, 2.45) is 0 Å². The zero-order valence-electron chi connectivity index (χ0n) is 7.56. The molecule has 1 N–H and O–H groups in total. The van der Waals surface area contributed by atoms with Crippen LogP contribution in [0.4, 0.5) is 0 Å². The number of hydrogen-bond donors (Lipinski definition) is 1. The van der Waals surface area contributed by atoms with E-state index in [1.807, 2.05) is 18.2 Å². The van der Waals surface area contributed by atoms with Crippen molar-refractivity contribution in [1.29, 1.82) is 0 Å². The van der Waals surface area contributed by atoms with E-state index in [9.17, 15) is 0 Å². The second-order valence-corrected chi connectivity index (χ2v) is 3.25. The molecule has 0 saturated carbocycles. The average Bonchev–Trinajstić information content (AvgIpc) is 2.88. The van der Waals surface area contributed by atoms with Crippen LogP contribution in [0.3, 0.4) is 0 Å². The lowest BCUT2D eigenvalue weighted by Crippen LogP contribution is -1.98. The van der Waals surface area contributed by atoms with Crippen LogP contribution in [0.25, 0.3) is 10.9 Å². The number of nitrogens with one attached hydrogen (secondary N) is 1. The Balaban J connectivity index is 2.14. The van der Waals surface area contributed by atoms with Crippen LogP contribution < -0.4 is 0 Å². The summed E-state index contributed by atoms with van der Waals surface area (Å²) in [6.07, 6.45) is 1.56. The molecule has 4 nitrogen and oxygen atoms in total. The molecule has 0 unspecified atom stereocenters. The smallest absolute Gasteiger partial charge is 0.186 e. The van der Waals surface area contributed by atoms with Gasteiger partial charge in [-0.2, -0.15) is 5.10 Å². The lowest BCUT2D eigenvalue weighted by molar-refractivity contribution is -0.0431. The van der Waals surface area contributed by atoms with Gasteiger partial charge in [-0.25, -0.2) is 0 Å². The third-order valence-corrected chi connectivity index (χ3v) is 2.38. The van der Waals surface area contributed by atoms with Gasteiger partial charge in [0.15, 0.2) is 6.29 Å². The van der Waals surface area contributed by atoms with E-state index in [1.165, 1.54) is 0 Å². The van der Waals surface area contributed by atoms with E-state index < -0.39 is 0 Å². The number of benzene rings is 1. The van der Waals surface area contributed by atoms with Gasteiger partial charge in [-0.05, 0) is 0 Å². The fourth-order valence-electron chi connectivity index (χ4n) is 1.73. The van der Waals surface area contributed by atoms with Gasteiger partial charge >= 0.3 is 0 Å². The first-order valence-electron chi connectivity index (χ1n) is 4.60. The molecule has 4 heteroatoms. The topological polar surface area (TPSA) is 47.1 Å². The molecule has 2 heterocycles. The highest BCUT2D eigenvalue weighted by Crippen LogP contribution is 2.28. The molecule has 2 aromatic rings. The highest BCUT2D eigenvalue weighted by atomic mass is 16.7. The Labute approximate surface area is 80.8 Å². The maximum absolute atomic E-state index is 5.45. The summed E-state index contributed by atoms with van der Waals surface area (Å²) in [6, 6.07) is 5.99. The standard InChI is InChI=1S/C10H10N2O2/c1-2-7-6-11-12-9(7)8(3-1)10-13-4-5-14-10/h1-3,6,10H,4-5H2,(H,11,12). The van der Waals surface area contributed by atoms with E-state index in [1.54, 1.807) is 6.20 Å². The van der Waals surface area contributed by atoms with Gasteiger partial charge in [0, 0.05) is 10.9 Å². The Hall–Kier alpha value is -1.39. The molecule has 1 aliphatic heterocycles. The van der Waals surface area contributed by atoms with Crippen molar-refractivity contribution >= 4 is 10.9 Å². The lowest BCUT2D eigenvalue weighted by atomic mass is 10.1. The summed E-state index contributed by atoms with van der Waals surface area (Å²) in [4.78, 5) is 0. The van der Waals surface area contributed by atoms with Gasteiger partial charge in [-0.3, -0.25) is 5.10 Å². The quantitative estimate of drug-likeness (QED) is 0.743. The summed E-state index contributed by atoms with van der Waals surface area (Å²) in [5.74, 6) is 0. The maximum Gasteiger partial charge on any atom is 0.186 e. The molecule has 0 atom stereocenters. The normalized spacial score (nSPS) is 18.0. The summed E-state index contributed by atoms with van der Waals surface area (Å²) < 4.78 is 10.9. The maximum atomic E-state index is 5.45. The van der Waals surface area contributed by atoms with Crippen molar-refractivity contribution in [2.75, 3.05) is 13.2 Å². The first kappa shape index (κ1) is 7.96. The van der Waals surface area contributed by atoms with E-state index in [4.69, 9.17) is 9.47 Å². The third kappa shape index (κ3) is 1.12. The number of fused-ring (bicyclic) bond motifs is 1. The van der Waals surface area contributed by atoms with E-state index in [0.29, 0.717) is 13.2 Å². The molecule has 0 amide bonds. The Bertz CT molecular complexity index is 446. The molecule has 1 saturated heterocycles.